The van der Waals surface area contributed by atoms with E-state index in [4.69, 9.17) is 11.6 Å². The maximum absolute atomic E-state index is 13.3. The molecule has 0 aromatic heterocycles. The van der Waals surface area contributed by atoms with Crippen LogP contribution in [-0.4, -0.2) is 51.1 Å². The molecule has 4 nitrogen and oxygen atoms in total. The van der Waals surface area contributed by atoms with Crippen LogP contribution >= 0.6 is 35.6 Å². The van der Waals surface area contributed by atoms with Crippen LogP contribution < -0.4 is 10.6 Å². The van der Waals surface area contributed by atoms with Crippen molar-refractivity contribution in [1.82, 2.24) is 15.5 Å². The first kappa shape index (κ1) is 23.4. The average molecular weight is 497 g/mol. The highest BCUT2D eigenvalue weighted by molar-refractivity contribution is 14.0. The lowest BCUT2D eigenvalue weighted by Crippen LogP contribution is -2.45. The quantitative estimate of drug-likeness (QED) is 0.369. The predicted molar refractivity (Wildman–Crippen MR) is 119 cm³/mol. The Balaban J connectivity index is 0.00000338. The SMILES string of the molecule is CN=C(NCC1CCN(C)CC1)NCC(C)(C)c1ccc(F)cc1Cl.I. The van der Waals surface area contributed by atoms with Gasteiger partial charge in [0.2, 0.25) is 0 Å². The van der Waals surface area contributed by atoms with E-state index in [0.29, 0.717) is 17.5 Å². The number of nitrogens with one attached hydrogen (secondary N) is 2. The van der Waals surface area contributed by atoms with Crippen LogP contribution in [-0.2, 0) is 5.41 Å². The second-order valence-corrected chi connectivity index (χ2v) is 7.97. The fourth-order valence-electron chi connectivity index (χ4n) is 3.17. The van der Waals surface area contributed by atoms with E-state index in [2.05, 4.69) is 41.4 Å². The Morgan fingerprint density at radius 3 is 2.54 bits per heavy atom. The molecular weight excluding hydrogens is 466 g/mol. The molecule has 1 fully saturated rings. The Morgan fingerprint density at radius 1 is 1.31 bits per heavy atom. The summed E-state index contributed by atoms with van der Waals surface area (Å²) in [4.78, 5) is 6.69. The first-order valence-corrected chi connectivity index (χ1v) is 9.28. The molecule has 0 spiro atoms. The molecule has 1 aromatic carbocycles. The number of piperidine rings is 1. The minimum atomic E-state index is -0.312. The summed E-state index contributed by atoms with van der Waals surface area (Å²) in [6, 6.07) is 4.58. The van der Waals surface area contributed by atoms with E-state index < -0.39 is 0 Å². The molecule has 148 valence electrons. The number of hydrogen-bond acceptors (Lipinski definition) is 2. The molecule has 7 heteroatoms. The van der Waals surface area contributed by atoms with Gasteiger partial charge >= 0.3 is 0 Å². The van der Waals surface area contributed by atoms with Crippen molar-refractivity contribution in [2.45, 2.75) is 32.1 Å². The van der Waals surface area contributed by atoms with E-state index in [-0.39, 0.29) is 35.2 Å². The number of rotatable bonds is 5. The van der Waals surface area contributed by atoms with E-state index in [1.807, 2.05) is 0 Å². The summed E-state index contributed by atoms with van der Waals surface area (Å²) in [7, 11) is 3.95. The number of benzene rings is 1. The van der Waals surface area contributed by atoms with E-state index >= 15 is 0 Å². The third kappa shape index (κ3) is 6.85. The Kier molecular flexibility index (Phi) is 9.61. The first-order valence-electron chi connectivity index (χ1n) is 8.90. The largest absolute Gasteiger partial charge is 0.356 e. The Labute approximate surface area is 179 Å². The monoisotopic (exact) mass is 496 g/mol. The lowest BCUT2D eigenvalue weighted by molar-refractivity contribution is 0.220. The van der Waals surface area contributed by atoms with E-state index in [0.717, 1.165) is 31.2 Å². The lowest BCUT2D eigenvalue weighted by atomic mass is 9.84. The molecule has 1 heterocycles. The summed E-state index contributed by atoms with van der Waals surface area (Å²) < 4.78 is 13.3. The zero-order valence-electron chi connectivity index (χ0n) is 16.1. The number of halogens is 3. The van der Waals surface area contributed by atoms with Crippen molar-refractivity contribution < 1.29 is 4.39 Å². The molecule has 0 unspecified atom stereocenters. The molecule has 0 saturated carbocycles. The van der Waals surface area contributed by atoms with Gasteiger partial charge in [-0.25, -0.2) is 4.39 Å². The second-order valence-electron chi connectivity index (χ2n) is 7.56. The van der Waals surface area contributed by atoms with Crippen LogP contribution in [0, 0.1) is 11.7 Å². The first-order chi connectivity index (χ1) is 11.8. The topological polar surface area (TPSA) is 39.7 Å². The smallest absolute Gasteiger partial charge is 0.191 e. The summed E-state index contributed by atoms with van der Waals surface area (Å²) in [6.07, 6.45) is 2.44. The number of hydrogen-bond donors (Lipinski definition) is 2. The highest BCUT2D eigenvalue weighted by Crippen LogP contribution is 2.29. The van der Waals surface area contributed by atoms with Gasteiger partial charge in [0.25, 0.3) is 0 Å². The zero-order chi connectivity index (χ0) is 18.4. The third-order valence-corrected chi connectivity index (χ3v) is 5.29. The van der Waals surface area contributed by atoms with Crippen LogP contribution in [0.5, 0.6) is 0 Å². The van der Waals surface area contributed by atoms with Gasteiger partial charge in [-0.15, -0.1) is 24.0 Å². The maximum Gasteiger partial charge on any atom is 0.191 e. The molecule has 2 N–H and O–H groups in total. The van der Waals surface area contributed by atoms with Crippen LogP contribution in [0.1, 0.15) is 32.3 Å². The van der Waals surface area contributed by atoms with Crippen molar-refractivity contribution in [1.29, 1.82) is 0 Å². The van der Waals surface area contributed by atoms with Gasteiger partial charge in [0.05, 0.1) is 0 Å². The molecule has 2 rings (SSSR count). The van der Waals surface area contributed by atoms with E-state index in [9.17, 15) is 4.39 Å². The Morgan fingerprint density at radius 2 is 1.96 bits per heavy atom. The molecule has 1 saturated heterocycles. The van der Waals surface area contributed by atoms with Gasteiger partial charge in [-0.3, -0.25) is 4.99 Å². The van der Waals surface area contributed by atoms with E-state index in [1.165, 1.54) is 25.0 Å². The van der Waals surface area contributed by atoms with E-state index in [1.54, 1.807) is 13.1 Å². The number of likely N-dealkylation sites (tertiary alicyclic amines) is 1. The summed E-state index contributed by atoms with van der Waals surface area (Å²) in [6.45, 7) is 8.09. The van der Waals surface area contributed by atoms with Gasteiger partial charge in [-0.1, -0.05) is 31.5 Å². The van der Waals surface area contributed by atoms with Crippen molar-refractivity contribution >= 4 is 41.5 Å². The van der Waals surface area contributed by atoms with Gasteiger partial charge < -0.3 is 15.5 Å². The van der Waals surface area contributed by atoms with Gasteiger partial charge in [-0.05, 0) is 56.6 Å². The summed E-state index contributed by atoms with van der Waals surface area (Å²) in [5, 5.41) is 7.26. The van der Waals surface area contributed by atoms with Crippen LogP contribution in [0.3, 0.4) is 0 Å². The second kappa shape index (κ2) is 10.7. The van der Waals surface area contributed by atoms with Crippen LogP contribution in [0.25, 0.3) is 0 Å². The predicted octanol–water partition coefficient (Wildman–Crippen LogP) is 3.88. The summed E-state index contributed by atoms with van der Waals surface area (Å²) in [5.41, 5.74) is 0.685. The highest BCUT2D eigenvalue weighted by Gasteiger charge is 2.24. The van der Waals surface area contributed by atoms with Gasteiger partial charge in [0.15, 0.2) is 5.96 Å². The van der Waals surface area contributed by atoms with Crippen molar-refractivity contribution in [2.24, 2.45) is 10.9 Å². The number of guanidine groups is 1. The molecule has 0 bridgehead atoms. The fraction of sp³-hybridized carbons (Fsp3) is 0.632. The van der Waals surface area contributed by atoms with Crippen LogP contribution in [0.2, 0.25) is 5.02 Å². The fourth-order valence-corrected chi connectivity index (χ4v) is 3.59. The maximum atomic E-state index is 13.3. The molecular formula is C19H31ClFIN4. The molecule has 1 aliphatic rings. The molecule has 0 amide bonds. The minimum absolute atomic E-state index is 0. The van der Waals surface area contributed by atoms with Gasteiger partial charge in [0, 0.05) is 30.6 Å². The van der Waals surface area contributed by atoms with Crippen molar-refractivity contribution in [2.75, 3.05) is 40.3 Å². The highest BCUT2D eigenvalue weighted by atomic mass is 127. The van der Waals surface area contributed by atoms with Gasteiger partial charge in [-0.2, -0.15) is 0 Å². The Hall–Kier alpha value is -0.600. The number of nitrogens with zero attached hydrogens (tertiary/aromatic N) is 2. The van der Waals surface area contributed by atoms with Crippen LogP contribution in [0.15, 0.2) is 23.2 Å². The normalized spacial score (nSPS) is 16.9. The Bertz CT molecular complexity index is 601. The molecule has 0 aliphatic carbocycles. The molecule has 1 aromatic rings. The molecule has 0 atom stereocenters. The van der Waals surface area contributed by atoms with Crippen molar-refractivity contribution in [3.63, 3.8) is 0 Å². The van der Waals surface area contributed by atoms with Crippen LogP contribution in [0.4, 0.5) is 4.39 Å². The van der Waals surface area contributed by atoms with Crippen molar-refractivity contribution in [3.05, 3.63) is 34.6 Å². The van der Waals surface area contributed by atoms with Crippen molar-refractivity contribution in [3.8, 4) is 0 Å². The molecule has 0 radical (unpaired) electrons. The number of aliphatic imine (C=N–C) groups is 1. The summed E-state index contributed by atoms with van der Waals surface area (Å²) in [5.74, 6) is 1.17. The summed E-state index contributed by atoms with van der Waals surface area (Å²) >= 11 is 6.22. The third-order valence-electron chi connectivity index (χ3n) is 4.98. The standard InChI is InChI=1S/C19H30ClFN4.HI/c1-19(2,16-6-5-15(21)11-17(16)20)13-24-18(22-3)23-12-14-7-9-25(4)10-8-14;/h5-6,11,14H,7-10,12-13H2,1-4H3,(H2,22,23,24);1H. The van der Waals surface area contributed by atoms with Gasteiger partial charge in [0.1, 0.15) is 5.82 Å². The minimum Gasteiger partial charge on any atom is -0.356 e. The zero-order valence-corrected chi connectivity index (χ0v) is 19.2. The lowest BCUT2D eigenvalue weighted by Gasteiger charge is -2.30. The molecule has 26 heavy (non-hydrogen) atoms. The molecule has 1 aliphatic heterocycles. The average Bonchev–Trinajstić information content (AvgIpc) is 2.56.